The minimum absolute atomic E-state index is 0.0283. The summed E-state index contributed by atoms with van der Waals surface area (Å²) in [7, 11) is 1.19. The summed E-state index contributed by atoms with van der Waals surface area (Å²) in [5.41, 5.74) is 0. The van der Waals surface area contributed by atoms with E-state index in [1.54, 1.807) is 0 Å². The smallest absolute Gasteiger partial charge is 0.306 e. The number of carbonyl (C=O) groups excluding carboxylic acids is 2. The second-order valence-electron chi connectivity index (χ2n) is 27.7. The van der Waals surface area contributed by atoms with Gasteiger partial charge in [-0.2, -0.15) is 0 Å². The molecule has 0 bridgehead atoms. The molecular formula is C80H150NO8P. The number of esters is 2. The minimum atomic E-state index is -4.64. The van der Waals surface area contributed by atoms with E-state index in [1.165, 1.54) is 295 Å². The maximum atomic E-state index is 12.9. The molecule has 528 valence electrons. The number of carbonyl (C=O) groups is 2. The van der Waals surface area contributed by atoms with Crippen LogP contribution in [0.15, 0.2) is 60.8 Å². The summed E-state index contributed by atoms with van der Waals surface area (Å²) in [5.74, 6) is -0.811. The first kappa shape index (κ1) is 87.7. The van der Waals surface area contributed by atoms with E-state index in [0.29, 0.717) is 17.4 Å². The predicted molar refractivity (Wildman–Crippen MR) is 388 cm³/mol. The number of phosphoric acid groups is 1. The second kappa shape index (κ2) is 71.0. The van der Waals surface area contributed by atoms with Crippen molar-refractivity contribution in [1.29, 1.82) is 0 Å². The first-order valence-corrected chi connectivity index (χ1v) is 40.5. The van der Waals surface area contributed by atoms with Crippen LogP contribution in [0.25, 0.3) is 0 Å². The van der Waals surface area contributed by atoms with Crippen molar-refractivity contribution in [2.75, 3.05) is 47.5 Å². The average molecular weight is 1290 g/mol. The Morgan fingerprint density at radius 1 is 0.356 bits per heavy atom. The quantitative estimate of drug-likeness (QED) is 0.0195. The zero-order chi connectivity index (χ0) is 65.5. The monoisotopic (exact) mass is 1280 g/mol. The van der Waals surface area contributed by atoms with Gasteiger partial charge in [-0.1, -0.05) is 357 Å². The SMILES string of the molecule is CC/C=C\C/C=C\C/C=C\C/C=C\CCCCCCCCCCCCCCCCCCCCCCCCCCCCC(=O)OC(COC(=O)CCCCCCCCCCCCCCCCC/C=C\CCCCCCCCCC)COP(=O)([O-])OCC[N+](C)(C)C. The lowest BCUT2D eigenvalue weighted by atomic mass is 10.0. The summed E-state index contributed by atoms with van der Waals surface area (Å²) in [5, 5.41) is 0. The number of rotatable bonds is 73. The van der Waals surface area contributed by atoms with Gasteiger partial charge in [0.25, 0.3) is 7.82 Å². The molecule has 2 atom stereocenters. The van der Waals surface area contributed by atoms with Gasteiger partial charge >= 0.3 is 11.9 Å². The summed E-state index contributed by atoms with van der Waals surface area (Å²) in [6, 6.07) is 0. The van der Waals surface area contributed by atoms with Gasteiger partial charge in [-0.15, -0.1) is 0 Å². The van der Waals surface area contributed by atoms with Crippen molar-refractivity contribution in [2.24, 2.45) is 0 Å². The van der Waals surface area contributed by atoms with Crippen LogP contribution in [0.1, 0.15) is 386 Å². The van der Waals surface area contributed by atoms with Crippen LogP contribution in [-0.4, -0.2) is 70.0 Å². The fourth-order valence-corrected chi connectivity index (χ4v) is 12.3. The molecule has 0 rings (SSSR count). The summed E-state index contributed by atoms with van der Waals surface area (Å²) in [6.07, 6.45) is 94.9. The van der Waals surface area contributed by atoms with Gasteiger partial charge in [-0.25, -0.2) is 0 Å². The van der Waals surface area contributed by atoms with E-state index in [-0.39, 0.29) is 32.0 Å². The molecule has 0 aromatic carbocycles. The summed E-state index contributed by atoms with van der Waals surface area (Å²) in [6.45, 7) is 4.20. The molecule has 90 heavy (non-hydrogen) atoms. The molecule has 0 N–H and O–H groups in total. The van der Waals surface area contributed by atoms with Gasteiger partial charge in [0.15, 0.2) is 6.10 Å². The molecule has 0 aromatic heterocycles. The Labute approximate surface area is 559 Å². The van der Waals surface area contributed by atoms with E-state index in [4.69, 9.17) is 18.5 Å². The molecule has 0 aliphatic rings. The fourth-order valence-electron chi connectivity index (χ4n) is 11.6. The Morgan fingerprint density at radius 3 is 0.956 bits per heavy atom. The molecule has 0 fully saturated rings. The highest BCUT2D eigenvalue weighted by Gasteiger charge is 2.22. The van der Waals surface area contributed by atoms with Gasteiger partial charge in [-0.3, -0.25) is 14.2 Å². The lowest BCUT2D eigenvalue weighted by Crippen LogP contribution is -2.37. The lowest BCUT2D eigenvalue weighted by molar-refractivity contribution is -0.870. The molecule has 0 aromatic rings. The Kier molecular flexibility index (Phi) is 69.2. The van der Waals surface area contributed by atoms with Gasteiger partial charge in [0.2, 0.25) is 0 Å². The van der Waals surface area contributed by atoms with Crippen molar-refractivity contribution >= 4 is 19.8 Å². The molecule has 0 saturated heterocycles. The highest BCUT2D eigenvalue weighted by Crippen LogP contribution is 2.38. The Bertz CT molecular complexity index is 1700. The molecule has 2 unspecified atom stereocenters. The number of likely N-dealkylation sites (N-methyl/N-ethyl adjacent to an activating group) is 1. The number of hydrogen-bond acceptors (Lipinski definition) is 8. The first-order chi connectivity index (χ1) is 44.0. The zero-order valence-electron chi connectivity index (χ0n) is 60.4. The maximum absolute atomic E-state index is 12.9. The molecular weight excluding hydrogens is 1130 g/mol. The predicted octanol–water partition coefficient (Wildman–Crippen LogP) is 25.1. The minimum Gasteiger partial charge on any atom is -0.756 e. The highest BCUT2D eigenvalue weighted by atomic mass is 31.2. The molecule has 0 radical (unpaired) electrons. The lowest BCUT2D eigenvalue weighted by Gasteiger charge is -2.28. The van der Waals surface area contributed by atoms with Gasteiger partial charge in [0.05, 0.1) is 27.7 Å². The zero-order valence-corrected chi connectivity index (χ0v) is 61.2. The normalized spacial score (nSPS) is 13.4. The number of allylic oxidation sites excluding steroid dienone is 10. The van der Waals surface area contributed by atoms with E-state index in [9.17, 15) is 19.0 Å². The summed E-state index contributed by atoms with van der Waals surface area (Å²) >= 11 is 0. The van der Waals surface area contributed by atoms with Crippen molar-refractivity contribution in [3.63, 3.8) is 0 Å². The van der Waals surface area contributed by atoms with Crippen LogP contribution >= 0.6 is 7.82 Å². The van der Waals surface area contributed by atoms with Crippen LogP contribution in [0.4, 0.5) is 0 Å². The number of nitrogens with zero attached hydrogens (tertiary/aromatic N) is 1. The number of unbranched alkanes of at least 4 members (excludes halogenated alkanes) is 49. The molecule has 0 saturated carbocycles. The van der Waals surface area contributed by atoms with Crippen LogP contribution in [0.5, 0.6) is 0 Å². The summed E-state index contributed by atoms with van der Waals surface area (Å²) in [4.78, 5) is 38.1. The van der Waals surface area contributed by atoms with Gasteiger partial charge in [0.1, 0.15) is 19.8 Å². The Balaban J connectivity index is 3.91. The third-order valence-electron chi connectivity index (χ3n) is 17.5. The summed E-state index contributed by atoms with van der Waals surface area (Å²) < 4.78 is 34.4. The van der Waals surface area contributed by atoms with Crippen molar-refractivity contribution in [3.8, 4) is 0 Å². The molecule has 10 heteroatoms. The van der Waals surface area contributed by atoms with E-state index in [0.717, 1.165) is 57.8 Å². The largest absolute Gasteiger partial charge is 0.756 e. The van der Waals surface area contributed by atoms with Gasteiger partial charge in [-0.05, 0) is 77.0 Å². The molecule has 0 amide bonds. The fraction of sp³-hybridized carbons (Fsp3) is 0.850. The van der Waals surface area contributed by atoms with Crippen molar-refractivity contribution < 1.29 is 42.1 Å². The Morgan fingerprint density at radius 2 is 0.633 bits per heavy atom. The van der Waals surface area contributed by atoms with E-state index < -0.39 is 26.5 Å². The van der Waals surface area contributed by atoms with Crippen molar-refractivity contribution in [1.82, 2.24) is 0 Å². The van der Waals surface area contributed by atoms with Gasteiger partial charge < -0.3 is 27.9 Å². The third kappa shape index (κ3) is 74.7. The van der Waals surface area contributed by atoms with Crippen LogP contribution in [0.2, 0.25) is 0 Å². The van der Waals surface area contributed by atoms with Crippen molar-refractivity contribution in [3.05, 3.63) is 60.8 Å². The topological polar surface area (TPSA) is 111 Å². The number of hydrogen-bond donors (Lipinski definition) is 0. The van der Waals surface area contributed by atoms with Crippen molar-refractivity contribution in [2.45, 2.75) is 392 Å². The van der Waals surface area contributed by atoms with E-state index in [1.807, 2.05) is 21.1 Å². The molecule has 9 nitrogen and oxygen atoms in total. The first-order valence-electron chi connectivity index (χ1n) is 39.0. The molecule has 0 heterocycles. The molecule has 0 aliphatic heterocycles. The van der Waals surface area contributed by atoms with Crippen LogP contribution in [-0.2, 0) is 32.7 Å². The van der Waals surface area contributed by atoms with Crippen LogP contribution in [0.3, 0.4) is 0 Å². The number of ether oxygens (including phenoxy) is 2. The third-order valence-corrected chi connectivity index (χ3v) is 18.5. The number of phosphoric ester groups is 1. The van der Waals surface area contributed by atoms with Crippen LogP contribution in [0, 0.1) is 0 Å². The highest BCUT2D eigenvalue weighted by molar-refractivity contribution is 7.45. The van der Waals surface area contributed by atoms with E-state index >= 15 is 0 Å². The van der Waals surface area contributed by atoms with E-state index in [2.05, 4.69) is 74.6 Å². The second-order valence-corrected chi connectivity index (χ2v) is 29.1. The van der Waals surface area contributed by atoms with Crippen LogP contribution < -0.4 is 4.89 Å². The standard InChI is InChI=1S/C80H150NO8P/c1-6-8-10-12-14-16-18-20-22-24-26-28-30-32-34-35-36-37-38-39-40-41-42-43-44-45-47-49-51-53-55-57-59-61-63-65-67-69-71-73-80(83)89-78(77-88-90(84,85)87-75-74-81(3,4)5)76-86-79(82)72-70-68-66-64-62-60-58-56-54-52-50-48-46-33-31-29-27-25-23-21-19-17-15-13-11-9-7-2/h8,10,14,16,20,22,25-28,78H,6-7,9,11-13,15,17-19,21,23-24,29-77H2,1-5H3/b10-8-,16-14-,22-20-,27-25-,28-26-. The average Bonchev–Trinajstić information content (AvgIpc) is 3.58. The molecule has 0 aliphatic carbocycles. The molecule has 0 spiro atoms. The Hall–Kier alpha value is -2.29. The maximum Gasteiger partial charge on any atom is 0.306 e. The number of quaternary nitrogens is 1. The van der Waals surface area contributed by atoms with Gasteiger partial charge in [0, 0.05) is 12.8 Å².